The largest absolute Gasteiger partial charge is 0.393 e. The second-order valence-corrected chi connectivity index (χ2v) is 10.6. The highest BCUT2D eigenvalue weighted by Gasteiger charge is 2.78. The van der Waals surface area contributed by atoms with Gasteiger partial charge in [-0.15, -0.1) is 0 Å². The van der Waals surface area contributed by atoms with Gasteiger partial charge in [0.25, 0.3) is 0 Å². The van der Waals surface area contributed by atoms with Gasteiger partial charge in [-0.3, -0.25) is 0 Å². The quantitative estimate of drug-likeness (QED) is 0.721. The summed E-state index contributed by atoms with van der Waals surface area (Å²) in [5.41, 5.74) is -0.0242. The molecule has 23 heavy (non-hydrogen) atoms. The number of fused-ring (bicyclic) bond motifs is 1. The number of hydrogen-bond acceptors (Lipinski definition) is 3. The monoisotopic (exact) mass is 320 g/mol. The molecule has 2 saturated heterocycles. The molecule has 0 amide bonds. The van der Waals surface area contributed by atoms with Crippen LogP contribution >= 0.6 is 0 Å². The van der Waals surface area contributed by atoms with Gasteiger partial charge in [0.05, 0.1) is 23.9 Å². The second kappa shape index (κ2) is 3.99. The van der Waals surface area contributed by atoms with Gasteiger partial charge in [-0.05, 0) is 74.0 Å². The van der Waals surface area contributed by atoms with Crippen LogP contribution in [0.4, 0.5) is 0 Å². The minimum absolute atomic E-state index is 0.0257. The van der Waals surface area contributed by atoms with E-state index in [1.54, 1.807) is 0 Å². The van der Waals surface area contributed by atoms with Gasteiger partial charge in [0, 0.05) is 5.41 Å². The molecule has 6 rings (SSSR count). The molecular weight excluding hydrogens is 288 g/mol. The third-order valence-corrected chi connectivity index (χ3v) is 9.56. The molecule has 0 unspecified atom stereocenters. The molecule has 130 valence electrons. The van der Waals surface area contributed by atoms with Crippen LogP contribution in [-0.4, -0.2) is 34.1 Å². The van der Waals surface area contributed by atoms with E-state index in [1.807, 2.05) is 0 Å². The highest BCUT2D eigenvalue weighted by atomic mass is 16.5. The van der Waals surface area contributed by atoms with E-state index in [2.05, 4.69) is 27.7 Å². The number of aliphatic hydroxyl groups excluding tert-OH is 2. The van der Waals surface area contributed by atoms with E-state index in [9.17, 15) is 10.2 Å². The molecule has 0 aromatic carbocycles. The summed E-state index contributed by atoms with van der Waals surface area (Å²) in [6.07, 6.45) is 6.43. The van der Waals surface area contributed by atoms with Crippen molar-refractivity contribution in [2.75, 3.05) is 0 Å². The normalized spacial score (nSPS) is 65.5. The zero-order valence-corrected chi connectivity index (χ0v) is 15.0. The van der Waals surface area contributed by atoms with Crippen molar-refractivity contribution >= 4 is 0 Å². The Hall–Kier alpha value is -0.120. The highest BCUT2D eigenvalue weighted by molar-refractivity contribution is 5.26. The van der Waals surface area contributed by atoms with E-state index in [-0.39, 0.29) is 34.1 Å². The smallest absolute Gasteiger partial charge is 0.0950 e. The fraction of sp³-hybridized carbons (Fsp3) is 1.00. The lowest BCUT2D eigenvalue weighted by atomic mass is 9.40. The summed E-state index contributed by atoms with van der Waals surface area (Å²) in [7, 11) is 0. The zero-order valence-electron chi connectivity index (χ0n) is 15.0. The first-order chi connectivity index (χ1) is 10.7. The molecular formula is C20H32O3. The molecule has 6 fully saturated rings. The molecule has 0 radical (unpaired) electrons. The maximum absolute atomic E-state index is 11.3. The molecule has 1 spiro atoms. The molecule has 2 aliphatic heterocycles. The van der Waals surface area contributed by atoms with Crippen molar-refractivity contribution in [2.24, 2.45) is 34.0 Å². The van der Waals surface area contributed by atoms with Gasteiger partial charge < -0.3 is 14.9 Å². The Morgan fingerprint density at radius 1 is 1.00 bits per heavy atom. The van der Waals surface area contributed by atoms with E-state index in [0.29, 0.717) is 23.9 Å². The van der Waals surface area contributed by atoms with Crippen molar-refractivity contribution < 1.29 is 14.9 Å². The number of ether oxygens (including phenoxy) is 1. The van der Waals surface area contributed by atoms with Crippen molar-refractivity contribution in [3.8, 4) is 0 Å². The Balaban J connectivity index is 1.62. The summed E-state index contributed by atoms with van der Waals surface area (Å²) >= 11 is 0. The zero-order chi connectivity index (χ0) is 16.4. The standard InChI is InChI=1S/C20H32O3/c1-17(2)13-5-8-20-10-11-9-12(23-19(11,4)16(20)22)15(20)18(13,3)7-6-14(17)21/h11-16,21-22H,5-10H2,1-4H3/t11-,12+,13-,14-,15+,16-,18-,19-,20-/m1/s1. The van der Waals surface area contributed by atoms with Gasteiger partial charge >= 0.3 is 0 Å². The fourth-order valence-electron chi connectivity index (χ4n) is 8.61. The molecule has 4 saturated carbocycles. The summed E-state index contributed by atoms with van der Waals surface area (Å²) in [6, 6.07) is 0. The first-order valence-corrected chi connectivity index (χ1v) is 9.70. The third kappa shape index (κ3) is 1.43. The Kier molecular flexibility index (Phi) is 2.63. The van der Waals surface area contributed by atoms with Crippen LogP contribution in [0.5, 0.6) is 0 Å². The van der Waals surface area contributed by atoms with E-state index in [0.717, 1.165) is 38.5 Å². The van der Waals surface area contributed by atoms with Crippen molar-refractivity contribution in [2.45, 2.75) is 90.1 Å². The molecule has 3 nitrogen and oxygen atoms in total. The van der Waals surface area contributed by atoms with Crippen LogP contribution in [0.2, 0.25) is 0 Å². The predicted octanol–water partition coefficient (Wildman–Crippen LogP) is 3.13. The molecule has 0 aromatic rings. The molecule has 0 aromatic heterocycles. The average molecular weight is 320 g/mol. The van der Waals surface area contributed by atoms with Gasteiger partial charge in [-0.25, -0.2) is 0 Å². The van der Waals surface area contributed by atoms with E-state index in [4.69, 9.17) is 4.74 Å². The summed E-state index contributed by atoms with van der Waals surface area (Å²) in [5, 5.41) is 21.9. The average Bonchev–Trinajstić information content (AvgIpc) is 2.81. The lowest BCUT2D eigenvalue weighted by molar-refractivity contribution is -0.277. The third-order valence-electron chi connectivity index (χ3n) is 9.56. The van der Waals surface area contributed by atoms with E-state index < -0.39 is 0 Å². The van der Waals surface area contributed by atoms with Crippen LogP contribution in [0, 0.1) is 34.0 Å². The van der Waals surface area contributed by atoms with E-state index >= 15 is 0 Å². The lowest BCUT2D eigenvalue weighted by Crippen LogP contribution is -2.67. The first kappa shape index (κ1) is 15.2. The summed E-state index contributed by atoms with van der Waals surface area (Å²) < 4.78 is 6.51. The SMILES string of the molecule is CC1(C)[C@H](O)CC[C@]2(C)[C@@H]1CC[C@]13C[C@H]4C[C@H](O[C@@]4(C)[C@H]1O)[C@@H]23. The topological polar surface area (TPSA) is 49.7 Å². The maximum Gasteiger partial charge on any atom is 0.0950 e. The molecule has 6 aliphatic rings. The van der Waals surface area contributed by atoms with Crippen LogP contribution in [0.3, 0.4) is 0 Å². The minimum atomic E-state index is -0.295. The number of hydrogen-bond donors (Lipinski definition) is 2. The summed E-state index contributed by atoms with van der Waals surface area (Å²) in [5.74, 6) is 1.57. The van der Waals surface area contributed by atoms with E-state index in [1.165, 1.54) is 0 Å². The Labute approximate surface area is 139 Å². The van der Waals surface area contributed by atoms with Gasteiger partial charge in [-0.2, -0.15) is 0 Å². The van der Waals surface area contributed by atoms with Crippen LogP contribution in [0.15, 0.2) is 0 Å². The highest BCUT2D eigenvalue weighted by Crippen LogP contribution is 2.76. The summed E-state index contributed by atoms with van der Waals surface area (Å²) in [6.45, 7) is 9.15. The van der Waals surface area contributed by atoms with Crippen molar-refractivity contribution in [3.05, 3.63) is 0 Å². The molecule has 9 atom stereocenters. The summed E-state index contributed by atoms with van der Waals surface area (Å²) in [4.78, 5) is 0. The van der Waals surface area contributed by atoms with Gasteiger partial charge in [0.2, 0.25) is 0 Å². The minimum Gasteiger partial charge on any atom is -0.393 e. The molecule has 4 aliphatic carbocycles. The van der Waals surface area contributed by atoms with Crippen molar-refractivity contribution in [1.29, 1.82) is 0 Å². The fourth-order valence-corrected chi connectivity index (χ4v) is 8.61. The Morgan fingerprint density at radius 3 is 2.43 bits per heavy atom. The number of rotatable bonds is 0. The van der Waals surface area contributed by atoms with Crippen molar-refractivity contribution in [1.82, 2.24) is 0 Å². The maximum atomic E-state index is 11.3. The van der Waals surface area contributed by atoms with Crippen LogP contribution in [0.1, 0.15) is 66.2 Å². The van der Waals surface area contributed by atoms with Gasteiger partial charge in [-0.1, -0.05) is 20.8 Å². The predicted molar refractivity (Wildman–Crippen MR) is 87.8 cm³/mol. The van der Waals surface area contributed by atoms with Gasteiger partial charge in [0.1, 0.15) is 0 Å². The molecule has 4 bridgehead atoms. The van der Waals surface area contributed by atoms with Crippen LogP contribution in [-0.2, 0) is 4.74 Å². The molecule has 3 heteroatoms. The number of aliphatic hydroxyl groups is 2. The first-order valence-electron chi connectivity index (χ1n) is 9.70. The Morgan fingerprint density at radius 2 is 1.74 bits per heavy atom. The van der Waals surface area contributed by atoms with Crippen LogP contribution < -0.4 is 0 Å². The van der Waals surface area contributed by atoms with Crippen molar-refractivity contribution in [3.63, 3.8) is 0 Å². The van der Waals surface area contributed by atoms with Crippen LogP contribution in [0.25, 0.3) is 0 Å². The van der Waals surface area contributed by atoms with Gasteiger partial charge in [0.15, 0.2) is 0 Å². The molecule has 2 heterocycles. The molecule has 2 N–H and O–H groups in total. The Bertz CT molecular complexity index is 559. The second-order valence-electron chi connectivity index (χ2n) is 10.6. The lowest BCUT2D eigenvalue weighted by Gasteiger charge is -2.67.